The van der Waals surface area contributed by atoms with E-state index in [2.05, 4.69) is 20.5 Å². The first-order valence-corrected chi connectivity index (χ1v) is 9.34. The number of nitrogens with zero attached hydrogens (tertiary/aromatic N) is 3. The maximum absolute atomic E-state index is 14.1. The van der Waals surface area contributed by atoms with E-state index >= 15 is 0 Å². The summed E-state index contributed by atoms with van der Waals surface area (Å²) in [6.45, 7) is -0.0541. The molecule has 28 heavy (non-hydrogen) atoms. The number of aromatic nitrogens is 4. The quantitative estimate of drug-likeness (QED) is 0.501. The topological polar surface area (TPSA) is 92.7 Å². The Kier molecular flexibility index (Phi) is 4.80. The number of nitrogens with one attached hydrogen (secondary N) is 2. The molecule has 0 aliphatic heterocycles. The van der Waals surface area contributed by atoms with Gasteiger partial charge >= 0.3 is 0 Å². The number of hydrogen-bond acceptors (Lipinski definition) is 6. The van der Waals surface area contributed by atoms with Crippen LogP contribution >= 0.6 is 23.6 Å². The Morgan fingerprint density at radius 1 is 1.29 bits per heavy atom. The third-order valence-corrected chi connectivity index (χ3v) is 5.04. The summed E-state index contributed by atoms with van der Waals surface area (Å²) in [6.07, 6.45) is 1.54. The minimum absolute atomic E-state index is 0.0541. The summed E-state index contributed by atoms with van der Waals surface area (Å²) in [6, 6.07) is 11.0. The summed E-state index contributed by atoms with van der Waals surface area (Å²) in [5.41, 5.74) is 0.00570. The van der Waals surface area contributed by atoms with E-state index in [-0.39, 0.29) is 17.2 Å². The van der Waals surface area contributed by atoms with E-state index in [0.29, 0.717) is 20.6 Å². The molecule has 0 saturated heterocycles. The second-order valence-electron chi connectivity index (χ2n) is 5.83. The molecule has 2 N–H and O–H groups in total. The van der Waals surface area contributed by atoms with Gasteiger partial charge in [0.15, 0.2) is 3.95 Å². The molecule has 0 aliphatic rings. The van der Waals surface area contributed by atoms with Crippen LogP contribution < -0.4 is 10.9 Å². The normalized spacial score (nSPS) is 10.9. The van der Waals surface area contributed by atoms with Gasteiger partial charge in [0.25, 0.3) is 11.5 Å². The van der Waals surface area contributed by atoms with Crippen molar-refractivity contribution in [3.8, 4) is 0 Å². The molecular formula is C18H12FN5O2S2. The first-order chi connectivity index (χ1) is 13.5. The molecule has 3 heterocycles. The highest BCUT2D eigenvalue weighted by molar-refractivity contribution is 7.73. The molecule has 0 bridgehead atoms. The molecule has 0 radical (unpaired) electrons. The summed E-state index contributed by atoms with van der Waals surface area (Å²) in [5, 5.41) is 9.80. The highest BCUT2D eigenvalue weighted by atomic mass is 32.1. The molecule has 0 atom stereocenters. The molecule has 0 saturated carbocycles. The van der Waals surface area contributed by atoms with Gasteiger partial charge in [0.2, 0.25) is 5.13 Å². The Morgan fingerprint density at radius 2 is 2.11 bits per heavy atom. The van der Waals surface area contributed by atoms with Gasteiger partial charge in [0.05, 0.1) is 6.54 Å². The van der Waals surface area contributed by atoms with Crippen molar-refractivity contribution >= 4 is 45.6 Å². The fraction of sp³-hybridized carbons (Fsp3) is 0.0556. The summed E-state index contributed by atoms with van der Waals surface area (Å²) in [5.74, 6) is -1.07. The summed E-state index contributed by atoms with van der Waals surface area (Å²) < 4.78 is 15.8. The van der Waals surface area contributed by atoms with Gasteiger partial charge in [-0.25, -0.2) is 9.37 Å². The number of fused-ring (bicyclic) bond motifs is 1. The number of amides is 1. The van der Waals surface area contributed by atoms with Crippen LogP contribution in [0.4, 0.5) is 9.52 Å². The van der Waals surface area contributed by atoms with E-state index in [4.69, 9.17) is 12.2 Å². The van der Waals surface area contributed by atoms with Crippen molar-refractivity contribution in [3.63, 3.8) is 0 Å². The van der Waals surface area contributed by atoms with Crippen molar-refractivity contribution in [2.75, 3.05) is 5.32 Å². The van der Waals surface area contributed by atoms with Crippen LogP contribution in [-0.4, -0.2) is 25.7 Å². The van der Waals surface area contributed by atoms with Crippen LogP contribution in [0.5, 0.6) is 0 Å². The maximum atomic E-state index is 14.1. The van der Waals surface area contributed by atoms with Crippen LogP contribution in [-0.2, 0) is 6.54 Å². The zero-order chi connectivity index (χ0) is 19.7. The molecule has 0 spiro atoms. The highest BCUT2D eigenvalue weighted by Crippen LogP contribution is 2.16. The van der Waals surface area contributed by atoms with Crippen molar-refractivity contribution in [2.45, 2.75) is 6.54 Å². The third kappa shape index (κ3) is 3.47. The van der Waals surface area contributed by atoms with E-state index in [1.165, 1.54) is 22.9 Å². The lowest BCUT2D eigenvalue weighted by atomic mass is 10.1. The predicted octanol–water partition coefficient (Wildman–Crippen LogP) is 3.35. The number of carbonyl (C=O) groups excluding carboxylic acids is 1. The molecule has 3 aromatic heterocycles. The average Bonchev–Trinajstić information content (AvgIpc) is 3.09. The lowest BCUT2D eigenvalue weighted by Gasteiger charge is -2.12. The van der Waals surface area contributed by atoms with Gasteiger partial charge in [-0.2, -0.15) is 0 Å². The van der Waals surface area contributed by atoms with Gasteiger partial charge in [-0.3, -0.25) is 24.6 Å². The smallest absolute Gasteiger partial charge is 0.265 e. The minimum atomic E-state index is -0.629. The zero-order valence-electron chi connectivity index (χ0n) is 14.2. The minimum Gasteiger partial charge on any atom is -0.296 e. The largest absolute Gasteiger partial charge is 0.296 e. The lowest BCUT2D eigenvalue weighted by molar-refractivity contribution is 0.102. The Balaban J connectivity index is 1.83. The first-order valence-electron chi connectivity index (χ1n) is 8.12. The van der Waals surface area contributed by atoms with Crippen LogP contribution in [0.1, 0.15) is 15.9 Å². The Morgan fingerprint density at radius 3 is 2.86 bits per heavy atom. The van der Waals surface area contributed by atoms with E-state index in [0.717, 1.165) is 11.3 Å². The molecule has 4 aromatic rings. The molecule has 7 nitrogen and oxygen atoms in total. The van der Waals surface area contributed by atoms with Gasteiger partial charge < -0.3 is 0 Å². The number of rotatable bonds is 4. The SMILES string of the molecule is O=C(Nc1n[nH]c(=S)s1)c1cc2cccnc2n(Cc2ccccc2F)c1=O. The van der Waals surface area contributed by atoms with Crippen molar-refractivity contribution in [3.05, 3.63) is 79.9 Å². The second kappa shape index (κ2) is 7.41. The second-order valence-corrected chi connectivity index (χ2v) is 7.50. The van der Waals surface area contributed by atoms with Gasteiger partial charge in [-0.15, -0.1) is 5.10 Å². The predicted molar refractivity (Wildman–Crippen MR) is 107 cm³/mol. The summed E-state index contributed by atoms with van der Waals surface area (Å²) in [7, 11) is 0. The fourth-order valence-electron chi connectivity index (χ4n) is 2.76. The van der Waals surface area contributed by atoms with Crippen LogP contribution in [0.25, 0.3) is 11.0 Å². The monoisotopic (exact) mass is 413 g/mol. The Hall–Kier alpha value is -3.24. The van der Waals surface area contributed by atoms with Crippen molar-refractivity contribution in [2.24, 2.45) is 0 Å². The molecule has 140 valence electrons. The van der Waals surface area contributed by atoms with Gasteiger partial charge in [0, 0.05) is 17.1 Å². The standard InChI is InChI=1S/C18H12FN5O2S2/c19-13-6-2-1-4-11(13)9-24-14-10(5-3-7-20-14)8-12(16(24)26)15(25)21-17-22-23-18(27)28-17/h1-8H,9H2,(H,23,27)(H,21,22,25). The molecule has 0 aliphatic carbocycles. The number of halogens is 1. The van der Waals surface area contributed by atoms with Crippen LogP contribution in [0.2, 0.25) is 0 Å². The number of benzene rings is 1. The third-order valence-electron chi connectivity index (χ3n) is 4.04. The number of aromatic amines is 1. The number of carbonyl (C=O) groups is 1. The van der Waals surface area contributed by atoms with Crippen LogP contribution in [0.3, 0.4) is 0 Å². The van der Waals surface area contributed by atoms with Crippen LogP contribution in [0, 0.1) is 9.77 Å². The number of H-pyrrole nitrogens is 1. The Bertz CT molecular complexity index is 1310. The van der Waals surface area contributed by atoms with Gasteiger partial charge in [0.1, 0.15) is 17.0 Å². The highest BCUT2D eigenvalue weighted by Gasteiger charge is 2.18. The van der Waals surface area contributed by atoms with Crippen LogP contribution in [0.15, 0.2) is 53.5 Å². The molecule has 10 heteroatoms. The number of hydrogen-bond donors (Lipinski definition) is 2. The van der Waals surface area contributed by atoms with E-state index < -0.39 is 17.3 Å². The first kappa shape index (κ1) is 18.1. The lowest BCUT2D eigenvalue weighted by Crippen LogP contribution is -2.30. The van der Waals surface area contributed by atoms with Gasteiger partial charge in [-0.1, -0.05) is 29.5 Å². The molecule has 0 fully saturated rings. The molecule has 1 amide bonds. The fourth-order valence-corrected chi connectivity index (χ4v) is 3.54. The van der Waals surface area contributed by atoms with E-state index in [9.17, 15) is 14.0 Å². The van der Waals surface area contributed by atoms with Gasteiger partial charge in [-0.05, 0) is 36.5 Å². The zero-order valence-corrected chi connectivity index (χ0v) is 15.8. The molecule has 0 unspecified atom stereocenters. The van der Waals surface area contributed by atoms with E-state index in [1.54, 1.807) is 30.3 Å². The van der Waals surface area contributed by atoms with Crippen molar-refractivity contribution in [1.82, 2.24) is 19.7 Å². The van der Waals surface area contributed by atoms with E-state index in [1.807, 2.05) is 0 Å². The molecule has 1 aromatic carbocycles. The maximum Gasteiger partial charge on any atom is 0.265 e. The van der Waals surface area contributed by atoms with Crippen molar-refractivity contribution in [1.29, 1.82) is 0 Å². The Labute approximate surface area is 166 Å². The number of anilines is 1. The summed E-state index contributed by atoms with van der Waals surface area (Å²) >= 11 is 6.01. The number of pyridine rings is 2. The average molecular weight is 413 g/mol. The summed E-state index contributed by atoms with van der Waals surface area (Å²) in [4.78, 5) is 29.9. The molecular weight excluding hydrogens is 401 g/mol. The van der Waals surface area contributed by atoms with Crippen molar-refractivity contribution < 1.29 is 9.18 Å². The molecule has 4 rings (SSSR count).